The molecule has 19 heavy (non-hydrogen) atoms. The second-order valence-corrected chi connectivity index (χ2v) is 5.28. The second-order valence-electron chi connectivity index (χ2n) is 5.28. The number of rotatable bonds is 4. The Labute approximate surface area is 114 Å². The third-order valence-corrected chi connectivity index (χ3v) is 3.66. The minimum atomic E-state index is -0.570. The van der Waals surface area contributed by atoms with Crippen molar-refractivity contribution in [2.75, 3.05) is 6.54 Å². The molecule has 1 aromatic rings. The summed E-state index contributed by atoms with van der Waals surface area (Å²) in [6, 6.07) is 7.23. The molecule has 1 aliphatic carbocycles. The second kappa shape index (κ2) is 6.53. The number of hydrogen-bond acceptors (Lipinski definition) is 2. The molecule has 0 saturated heterocycles. The standard InChI is InChI=1S/C16H22N2O/c1-12-7-9-14(10-8-12)15(17)16(19)18-11-13-5-3-2-4-6-13/h2-3,7-10,13,15H,4-6,11,17H2,1H3,(H,18,19). The maximum absolute atomic E-state index is 12.0. The number of hydrogen-bond donors (Lipinski definition) is 2. The summed E-state index contributed by atoms with van der Waals surface area (Å²) in [5.74, 6) is 0.470. The molecule has 3 N–H and O–H groups in total. The van der Waals surface area contributed by atoms with Crippen molar-refractivity contribution in [2.24, 2.45) is 11.7 Å². The van der Waals surface area contributed by atoms with Gasteiger partial charge in [-0.3, -0.25) is 4.79 Å². The van der Waals surface area contributed by atoms with Crippen molar-refractivity contribution in [2.45, 2.75) is 32.2 Å². The molecule has 0 fully saturated rings. The molecule has 0 radical (unpaired) electrons. The molecule has 0 aliphatic heterocycles. The Kier molecular flexibility index (Phi) is 4.74. The highest BCUT2D eigenvalue weighted by Gasteiger charge is 2.17. The van der Waals surface area contributed by atoms with Gasteiger partial charge in [0.1, 0.15) is 6.04 Å². The lowest BCUT2D eigenvalue weighted by atomic mass is 9.94. The molecule has 3 heteroatoms. The third-order valence-electron chi connectivity index (χ3n) is 3.66. The molecular formula is C16H22N2O. The van der Waals surface area contributed by atoms with Crippen LogP contribution in [-0.2, 0) is 4.79 Å². The SMILES string of the molecule is Cc1ccc(C(N)C(=O)NCC2CC=CCC2)cc1. The van der Waals surface area contributed by atoms with Gasteiger partial charge in [0.05, 0.1) is 0 Å². The van der Waals surface area contributed by atoms with Gasteiger partial charge in [-0.15, -0.1) is 0 Å². The fourth-order valence-corrected chi connectivity index (χ4v) is 2.32. The van der Waals surface area contributed by atoms with Crippen LogP contribution in [0.25, 0.3) is 0 Å². The van der Waals surface area contributed by atoms with E-state index in [0.717, 1.165) is 31.4 Å². The Morgan fingerprint density at radius 2 is 2.11 bits per heavy atom. The zero-order valence-corrected chi connectivity index (χ0v) is 11.4. The Balaban J connectivity index is 1.85. The molecule has 2 atom stereocenters. The maximum atomic E-state index is 12.0. The summed E-state index contributed by atoms with van der Waals surface area (Å²) in [5, 5.41) is 2.97. The van der Waals surface area contributed by atoms with Crippen molar-refractivity contribution in [1.29, 1.82) is 0 Å². The van der Waals surface area contributed by atoms with Gasteiger partial charge in [0.15, 0.2) is 0 Å². The van der Waals surface area contributed by atoms with Crippen molar-refractivity contribution >= 4 is 5.91 Å². The summed E-state index contributed by atoms with van der Waals surface area (Å²) < 4.78 is 0. The topological polar surface area (TPSA) is 55.1 Å². The van der Waals surface area contributed by atoms with Crippen LogP contribution in [0.2, 0.25) is 0 Å². The molecule has 3 nitrogen and oxygen atoms in total. The van der Waals surface area contributed by atoms with Crippen LogP contribution < -0.4 is 11.1 Å². The predicted octanol–water partition coefficient (Wildman–Crippen LogP) is 2.47. The van der Waals surface area contributed by atoms with Gasteiger partial charge in [0.25, 0.3) is 0 Å². The highest BCUT2D eigenvalue weighted by Crippen LogP contribution is 2.17. The number of carbonyl (C=O) groups excluding carboxylic acids is 1. The van der Waals surface area contributed by atoms with Crippen LogP contribution in [0.3, 0.4) is 0 Å². The van der Waals surface area contributed by atoms with Gasteiger partial charge in [-0.1, -0.05) is 42.0 Å². The molecule has 1 aliphatic rings. The molecular weight excluding hydrogens is 236 g/mol. The Morgan fingerprint density at radius 3 is 2.74 bits per heavy atom. The number of nitrogens with two attached hydrogens (primary N) is 1. The van der Waals surface area contributed by atoms with Crippen LogP contribution in [0.5, 0.6) is 0 Å². The van der Waals surface area contributed by atoms with E-state index in [1.807, 2.05) is 31.2 Å². The minimum absolute atomic E-state index is 0.0848. The zero-order valence-electron chi connectivity index (χ0n) is 11.4. The first-order valence-corrected chi connectivity index (χ1v) is 6.91. The van der Waals surface area contributed by atoms with Gasteiger partial charge in [-0.05, 0) is 37.7 Å². The smallest absolute Gasteiger partial charge is 0.241 e. The zero-order chi connectivity index (χ0) is 13.7. The van der Waals surface area contributed by atoms with E-state index in [9.17, 15) is 4.79 Å². The maximum Gasteiger partial charge on any atom is 0.241 e. The van der Waals surface area contributed by atoms with Crippen LogP contribution in [0.15, 0.2) is 36.4 Å². The highest BCUT2D eigenvalue weighted by atomic mass is 16.2. The van der Waals surface area contributed by atoms with E-state index in [4.69, 9.17) is 5.73 Å². The molecule has 1 amide bonds. The lowest BCUT2D eigenvalue weighted by Gasteiger charge is -2.20. The Bertz CT molecular complexity index is 450. The predicted molar refractivity (Wildman–Crippen MR) is 77.6 cm³/mol. The van der Waals surface area contributed by atoms with Crippen molar-refractivity contribution in [3.8, 4) is 0 Å². The van der Waals surface area contributed by atoms with E-state index in [2.05, 4.69) is 17.5 Å². The van der Waals surface area contributed by atoms with Crippen LogP contribution in [0.1, 0.15) is 36.4 Å². The number of carbonyl (C=O) groups is 1. The molecule has 0 spiro atoms. The lowest BCUT2D eigenvalue weighted by Crippen LogP contribution is -2.37. The molecule has 0 aromatic heterocycles. The lowest BCUT2D eigenvalue weighted by molar-refractivity contribution is -0.122. The van der Waals surface area contributed by atoms with Crippen LogP contribution in [0.4, 0.5) is 0 Å². The molecule has 2 rings (SSSR count). The Morgan fingerprint density at radius 1 is 1.37 bits per heavy atom. The summed E-state index contributed by atoms with van der Waals surface area (Å²) >= 11 is 0. The number of allylic oxidation sites excluding steroid dienone is 2. The first-order valence-electron chi connectivity index (χ1n) is 6.91. The van der Waals surface area contributed by atoms with Gasteiger partial charge in [-0.25, -0.2) is 0 Å². The van der Waals surface area contributed by atoms with Gasteiger partial charge in [-0.2, -0.15) is 0 Å². The summed E-state index contributed by atoms with van der Waals surface area (Å²) in [7, 11) is 0. The van der Waals surface area contributed by atoms with Gasteiger partial charge >= 0.3 is 0 Å². The first kappa shape index (κ1) is 13.8. The van der Waals surface area contributed by atoms with Gasteiger partial charge < -0.3 is 11.1 Å². The quantitative estimate of drug-likeness (QED) is 0.815. The summed E-state index contributed by atoms with van der Waals surface area (Å²) in [4.78, 5) is 12.0. The monoisotopic (exact) mass is 258 g/mol. The van der Waals surface area contributed by atoms with Crippen LogP contribution in [0, 0.1) is 12.8 Å². The minimum Gasteiger partial charge on any atom is -0.354 e. The first-order chi connectivity index (χ1) is 9.16. The summed E-state index contributed by atoms with van der Waals surface area (Å²) in [6.07, 6.45) is 7.72. The average molecular weight is 258 g/mol. The van der Waals surface area contributed by atoms with Crippen LogP contribution >= 0.6 is 0 Å². The number of aryl methyl sites for hydroxylation is 1. The van der Waals surface area contributed by atoms with E-state index in [0.29, 0.717) is 5.92 Å². The van der Waals surface area contributed by atoms with E-state index in [1.54, 1.807) is 0 Å². The molecule has 0 heterocycles. The molecule has 102 valence electrons. The molecule has 0 bridgehead atoms. The molecule has 0 saturated carbocycles. The fourth-order valence-electron chi connectivity index (χ4n) is 2.32. The number of nitrogens with one attached hydrogen (secondary N) is 1. The highest BCUT2D eigenvalue weighted by molar-refractivity contribution is 5.82. The fraction of sp³-hybridized carbons (Fsp3) is 0.438. The third kappa shape index (κ3) is 3.93. The van der Waals surface area contributed by atoms with E-state index < -0.39 is 6.04 Å². The number of amides is 1. The average Bonchev–Trinajstić information content (AvgIpc) is 2.46. The van der Waals surface area contributed by atoms with Gasteiger partial charge in [0, 0.05) is 6.54 Å². The number of benzene rings is 1. The summed E-state index contributed by atoms with van der Waals surface area (Å²) in [5.41, 5.74) is 8.02. The Hall–Kier alpha value is -1.61. The summed E-state index contributed by atoms with van der Waals surface area (Å²) in [6.45, 7) is 2.74. The molecule has 1 aromatic carbocycles. The van der Waals surface area contributed by atoms with Crippen molar-refractivity contribution in [3.05, 3.63) is 47.5 Å². The van der Waals surface area contributed by atoms with Gasteiger partial charge in [0.2, 0.25) is 5.91 Å². The van der Waals surface area contributed by atoms with E-state index >= 15 is 0 Å². The van der Waals surface area contributed by atoms with E-state index in [-0.39, 0.29) is 5.91 Å². The normalized spacial score (nSPS) is 20.0. The van der Waals surface area contributed by atoms with E-state index in [1.165, 1.54) is 5.56 Å². The van der Waals surface area contributed by atoms with Crippen molar-refractivity contribution < 1.29 is 4.79 Å². The largest absolute Gasteiger partial charge is 0.354 e. The van der Waals surface area contributed by atoms with Crippen LogP contribution in [-0.4, -0.2) is 12.5 Å². The van der Waals surface area contributed by atoms with Crippen molar-refractivity contribution in [1.82, 2.24) is 5.32 Å². The van der Waals surface area contributed by atoms with Crippen molar-refractivity contribution in [3.63, 3.8) is 0 Å². The molecule has 2 unspecified atom stereocenters.